The number of benzene rings is 2. The number of aryl methyl sites for hydroxylation is 1. The first-order valence-corrected chi connectivity index (χ1v) is 13.0. The fraction of sp³-hybridized carbons (Fsp3) is 0.350. The number of hydroxylamine groups is 1. The molecule has 2 aromatic carbocycles. The molecule has 1 aliphatic carbocycles. The standard InChI is InChI=1S/C20H25N3O7S2.ClH/c1-14-9-16(28-13-22-20(21)23-29-12-15-7-8-15)11-17(10-14)30-32(26,27)19-6-4-3-5-18(19)31(2,24)25;/h3-6,9-11,15H,7-8,12-13H2,1-2H3,(H3,21,22,23);1H. The van der Waals surface area contributed by atoms with Crippen LogP contribution in [0.1, 0.15) is 18.4 Å². The molecule has 1 fully saturated rings. The third-order valence-corrected chi connectivity index (χ3v) is 7.00. The zero-order chi connectivity index (χ0) is 23.4. The molecule has 1 aliphatic rings. The topological polar surface area (TPSA) is 146 Å². The van der Waals surface area contributed by atoms with E-state index in [1.807, 2.05) is 0 Å². The number of aliphatic imine (C=N–C) groups is 1. The highest BCUT2D eigenvalue weighted by Gasteiger charge is 2.25. The van der Waals surface area contributed by atoms with Gasteiger partial charge in [-0.15, -0.1) is 12.4 Å². The summed E-state index contributed by atoms with van der Waals surface area (Å²) >= 11 is 0. The summed E-state index contributed by atoms with van der Waals surface area (Å²) in [5.74, 6) is 0.876. The summed E-state index contributed by atoms with van der Waals surface area (Å²) in [7, 11) is -8.20. The van der Waals surface area contributed by atoms with E-state index in [-0.39, 0.29) is 35.7 Å². The highest BCUT2D eigenvalue weighted by Crippen LogP contribution is 2.29. The first-order valence-electron chi connectivity index (χ1n) is 9.70. The monoisotopic (exact) mass is 519 g/mol. The SMILES string of the molecule is Cc1cc(OCN=C(N)NOCC2CC2)cc(OS(=O)(=O)c2ccccc2S(C)(=O)=O)c1.Cl. The predicted molar refractivity (Wildman–Crippen MR) is 125 cm³/mol. The average Bonchev–Trinajstić information content (AvgIpc) is 3.51. The van der Waals surface area contributed by atoms with Crippen molar-refractivity contribution in [3.8, 4) is 11.5 Å². The molecule has 3 N–H and O–H groups in total. The summed E-state index contributed by atoms with van der Waals surface area (Å²) in [5.41, 5.74) is 8.87. The van der Waals surface area contributed by atoms with Gasteiger partial charge in [-0.3, -0.25) is 4.84 Å². The smallest absolute Gasteiger partial charge is 0.340 e. The molecule has 0 unspecified atom stereocenters. The molecule has 0 radical (unpaired) electrons. The van der Waals surface area contributed by atoms with Gasteiger partial charge in [0.1, 0.15) is 16.4 Å². The van der Waals surface area contributed by atoms with Gasteiger partial charge in [-0.2, -0.15) is 8.42 Å². The highest BCUT2D eigenvalue weighted by atomic mass is 35.5. The molecule has 0 heterocycles. The van der Waals surface area contributed by atoms with Gasteiger partial charge in [0, 0.05) is 12.3 Å². The van der Waals surface area contributed by atoms with E-state index in [9.17, 15) is 16.8 Å². The maximum absolute atomic E-state index is 12.8. The van der Waals surface area contributed by atoms with Crippen LogP contribution in [0.4, 0.5) is 0 Å². The molecule has 33 heavy (non-hydrogen) atoms. The third kappa shape index (κ3) is 8.07. The Morgan fingerprint density at radius 2 is 1.73 bits per heavy atom. The lowest BCUT2D eigenvalue weighted by Crippen LogP contribution is -2.32. The van der Waals surface area contributed by atoms with E-state index < -0.39 is 24.9 Å². The number of hydrogen-bond acceptors (Lipinski definition) is 8. The second-order valence-electron chi connectivity index (χ2n) is 7.41. The normalized spacial score (nSPS) is 14.3. The van der Waals surface area contributed by atoms with Gasteiger partial charge in [0.15, 0.2) is 16.6 Å². The number of ether oxygens (including phenoxy) is 1. The van der Waals surface area contributed by atoms with Crippen LogP contribution in [-0.2, 0) is 24.8 Å². The quantitative estimate of drug-likeness (QED) is 0.208. The number of halogens is 1. The van der Waals surface area contributed by atoms with Gasteiger partial charge in [-0.1, -0.05) is 12.1 Å². The van der Waals surface area contributed by atoms with E-state index in [1.165, 1.54) is 36.4 Å². The van der Waals surface area contributed by atoms with Crippen molar-refractivity contribution in [2.45, 2.75) is 29.6 Å². The predicted octanol–water partition coefficient (Wildman–Crippen LogP) is 2.17. The van der Waals surface area contributed by atoms with Crippen LogP contribution < -0.4 is 20.1 Å². The molecular weight excluding hydrogens is 494 g/mol. The number of hydrogen-bond donors (Lipinski definition) is 2. The lowest BCUT2D eigenvalue weighted by atomic mass is 10.2. The molecule has 0 amide bonds. The lowest BCUT2D eigenvalue weighted by Gasteiger charge is -2.12. The molecule has 182 valence electrons. The van der Waals surface area contributed by atoms with Crippen molar-refractivity contribution < 1.29 is 30.6 Å². The molecule has 0 saturated heterocycles. The van der Waals surface area contributed by atoms with Crippen LogP contribution in [0.5, 0.6) is 11.5 Å². The Morgan fingerprint density at radius 1 is 1.09 bits per heavy atom. The van der Waals surface area contributed by atoms with E-state index in [0.717, 1.165) is 19.1 Å². The summed E-state index contributed by atoms with van der Waals surface area (Å²) in [4.78, 5) is 8.38. The van der Waals surface area contributed by atoms with Crippen molar-refractivity contribution in [3.63, 3.8) is 0 Å². The second kappa shape index (κ2) is 11.1. The molecule has 0 spiro atoms. The number of nitrogens with two attached hydrogens (primary N) is 1. The van der Waals surface area contributed by atoms with Gasteiger partial charge in [-0.25, -0.2) is 18.9 Å². The van der Waals surface area contributed by atoms with E-state index in [0.29, 0.717) is 23.8 Å². The van der Waals surface area contributed by atoms with E-state index >= 15 is 0 Å². The summed E-state index contributed by atoms with van der Waals surface area (Å²) in [6.07, 6.45) is 3.22. The van der Waals surface area contributed by atoms with Crippen molar-refractivity contribution in [1.82, 2.24) is 5.48 Å². The van der Waals surface area contributed by atoms with Gasteiger partial charge in [-0.05, 0) is 55.5 Å². The van der Waals surface area contributed by atoms with Crippen molar-refractivity contribution in [3.05, 3.63) is 48.0 Å². The molecular formula is C20H26ClN3O7S2. The van der Waals surface area contributed by atoms with Crippen LogP contribution in [-0.4, -0.2) is 42.4 Å². The van der Waals surface area contributed by atoms with Gasteiger partial charge in [0.05, 0.1) is 11.5 Å². The Balaban J connectivity index is 0.00000385. The Bertz CT molecular complexity index is 1210. The second-order valence-corrected chi connectivity index (χ2v) is 10.9. The van der Waals surface area contributed by atoms with Crippen molar-refractivity contribution in [2.24, 2.45) is 16.6 Å². The number of guanidine groups is 1. The van der Waals surface area contributed by atoms with E-state index in [1.54, 1.807) is 13.0 Å². The molecule has 0 bridgehead atoms. The minimum absolute atomic E-state index is 0. The van der Waals surface area contributed by atoms with Crippen LogP contribution in [0, 0.1) is 12.8 Å². The minimum atomic E-state index is -4.42. The fourth-order valence-corrected chi connectivity index (χ4v) is 5.23. The van der Waals surface area contributed by atoms with Crippen molar-refractivity contribution in [1.29, 1.82) is 0 Å². The Hall–Kier alpha value is -2.54. The zero-order valence-electron chi connectivity index (χ0n) is 18.1. The first-order chi connectivity index (χ1) is 15.0. The molecule has 0 aromatic heterocycles. The van der Waals surface area contributed by atoms with Crippen molar-refractivity contribution >= 4 is 38.3 Å². The summed E-state index contributed by atoms with van der Waals surface area (Å²) in [6.45, 7) is 2.15. The minimum Gasteiger partial charge on any atom is -0.471 e. The van der Waals surface area contributed by atoms with Crippen LogP contribution in [0.25, 0.3) is 0 Å². The average molecular weight is 520 g/mol. The highest BCUT2D eigenvalue weighted by molar-refractivity contribution is 7.92. The maximum Gasteiger partial charge on any atom is 0.340 e. The van der Waals surface area contributed by atoms with Crippen LogP contribution in [0.3, 0.4) is 0 Å². The molecule has 3 rings (SSSR count). The molecule has 1 saturated carbocycles. The van der Waals surface area contributed by atoms with Crippen LogP contribution >= 0.6 is 12.4 Å². The first kappa shape index (κ1) is 26.7. The van der Waals surface area contributed by atoms with E-state index in [4.69, 9.17) is 19.5 Å². The largest absolute Gasteiger partial charge is 0.471 e. The zero-order valence-corrected chi connectivity index (χ0v) is 20.5. The number of nitrogens with zero attached hydrogens (tertiary/aromatic N) is 1. The third-order valence-electron chi connectivity index (χ3n) is 4.41. The number of sulfone groups is 1. The van der Waals surface area contributed by atoms with Gasteiger partial charge in [0.2, 0.25) is 5.96 Å². The van der Waals surface area contributed by atoms with E-state index in [2.05, 4.69) is 10.5 Å². The summed E-state index contributed by atoms with van der Waals surface area (Å²) < 4.78 is 60.1. The Kier molecular flexibility index (Phi) is 8.95. The Morgan fingerprint density at radius 3 is 2.36 bits per heavy atom. The number of nitrogens with one attached hydrogen (secondary N) is 1. The number of rotatable bonds is 10. The Labute approximate surface area is 199 Å². The summed E-state index contributed by atoms with van der Waals surface area (Å²) in [5, 5.41) is 0. The van der Waals surface area contributed by atoms with Crippen LogP contribution in [0.15, 0.2) is 57.2 Å². The molecule has 0 atom stereocenters. The molecule has 13 heteroatoms. The van der Waals surface area contributed by atoms with Gasteiger partial charge < -0.3 is 14.7 Å². The maximum atomic E-state index is 12.8. The van der Waals surface area contributed by atoms with Gasteiger partial charge >= 0.3 is 10.1 Å². The summed E-state index contributed by atoms with van der Waals surface area (Å²) in [6, 6.07) is 9.74. The lowest BCUT2D eigenvalue weighted by molar-refractivity contribution is 0.0749. The van der Waals surface area contributed by atoms with Gasteiger partial charge in [0.25, 0.3) is 0 Å². The van der Waals surface area contributed by atoms with Crippen molar-refractivity contribution in [2.75, 3.05) is 19.6 Å². The molecule has 10 nitrogen and oxygen atoms in total. The molecule has 2 aromatic rings. The van der Waals surface area contributed by atoms with Crippen LogP contribution in [0.2, 0.25) is 0 Å². The fourth-order valence-electron chi connectivity index (χ4n) is 2.71. The molecule has 0 aliphatic heterocycles.